The molecule has 0 aliphatic heterocycles. The zero-order valence-electron chi connectivity index (χ0n) is 24.5. The molecular weight excluding hydrogens is 448 g/mol. The number of hydrogen-bond acceptors (Lipinski definition) is 4. The zero-order valence-corrected chi connectivity index (χ0v) is 24.5. The van der Waals surface area contributed by atoms with Gasteiger partial charge < -0.3 is 14.6 Å². The van der Waals surface area contributed by atoms with Gasteiger partial charge in [0.05, 0.1) is 18.3 Å². The maximum Gasteiger partial charge on any atom is 0.302 e. The van der Waals surface area contributed by atoms with E-state index in [2.05, 4.69) is 34.6 Å². The lowest BCUT2D eigenvalue weighted by molar-refractivity contribution is -0.252. The molecule has 0 amide bonds. The summed E-state index contributed by atoms with van der Waals surface area (Å²) < 4.78 is 11.2. The Morgan fingerprint density at radius 1 is 1.03 bits per heavy atom. The lowest BCUT2D eigenvalue weighted by Crippen LogP contribution is -2.66. The Hall–Kier alpha value is -0.610. The van der Waals surface area contributed by atoms with E-state index in [1.165, 1.54) is 51.9 Å². The highest BCUT2D eigenvalue weighted by Gasteiger charge is 2.67. The Balaban J connectivity index is 1.57. The van der Waals surface area contributed by atoms with Crippen molar-refractivity contribution in [3.05, 3.63) is 0 Å². The standard InChI is InChI=1S/C32H56O4/c1-21(2)9-8-10-22(3)27-11-12-28-26-19-24(15-18-36-23(4)33)32(34)20-25(35-7)13-17-31(32,6)29(26)14-16-30(27,28)5/h21-22,24-29,34H,8-20H2,1-7H3/t22-,24-,25+,26+,27-,28+,29+,30-,31-,32+/m1/s1. The summed E-state index contributed by atoms with van der Waals surface area (Å²) in [5, 5.41) is 12.5. The predicted molar refractivity (Wildman–Crippen MR) is 145 cm³/mol. The van der Waals surface area contributed by atoms with Gasteiger partial charge >= 0.3 is 5.97 Å². The highest BCUT2D eigenvalue weighted by atomic mass is 16.5. The number of methoxy groups -OCH3 is 1. The van der Waals surface area contributed by atoms with Crippen molar-refractivity contribution in [2.45, 2.75) is 130 Å². The molecule has 4 aliphatic carbocycles. The fourth-order valence-corrected chi connectivity index (χ4v) is 10.4. The molecule has 0 aromatic carbocycles. The van der Waals surface area contributed by atoms with Crippen molar-refractivity contribution in [3.63, 3.8) is 0 Å². The molecule has 0 spiro atoms. The van der Waals surface area contributed by atoms with Crippen molar-refractivity contribution >= 4 is 5.97 Å². The first-order valence-corrected chi connectivity index (χ1v) is 15.3. The monoisotopic (exact) mass is 504 g/mol. The van der Waals surface area contributed by atoms with Crippen molar-refractivity contribution in [1.82, 2.24) is 0 Å². The summed E-state index contributed by atoms with van der Waals surface area (Å²) >= 11 is 0. The smallest absolute Gasteiger partial charge is 0.302 e. The van der Waals surface area contributed by atoms with Crippen LogP contribution in [0.5, 0.6) is 0 Å². The molecule has 10 atom stereocenters. The van der Waals surface area contributed by atoms with Gasteiger partial charge in [0, 0.05) is 20.5 Å². The van der Waals surface area contributed by atoms with Crippen molar-refractivity contribution in [3.8, 4) is 0 Å². The number of aliphatic hydroxyl groups is 1. The van der Waals surface area contributed by atoms with Crippen LogP contribution in [-0.4, -0.2) is 36.5 Å². The van der Waals surface area contributed by atoms with Crippen LogP contribution >= 0.6 is 0 Å². The third-order valence-corrected chi connectivity index (χ3v) is 12.3. The molecule has 4 nitrogen and oxygen atoms in total. The molecule has 0 aromatic heterocycles. The summed E-state index contributed by atoms with van der Waals surface area (Å²) in [6.07, 6.45) is 14.2. The van der Waals surface area contributed by atoms with E-state index < -0.39 is 5.60 Å². The topological polar surface area (TPSA) is 55.8 Å². The van der Waals surface area contributed by atoms with Crippen LogP contribution in [-0.2, 0) is 14.3 Å². The SMILES string of the molecule is CO[C@H]1CC[C@]2(C)[C@H]3CC[C@]4(C)[C@@H]([C@H](C)CCCC(C)C)CC[C@H]4[C@@H]3C[C@@H](CCOC(C)=O)[C@@]2(O)C1. The molecule has 0 heterocycles. The van der Waals surface area contributed by atoms with Crippen molar-refractivity contribution < 1.29 is 19.4 Å². The molecule has 0 aromatic rings. The molecule has 36 heavy (non-hydrogen) atoms. The fraction of sp³-hybridized carbons (Fsp3) is 0.969. The molecule has 208 valence electrons. The first kappa shape index (κ1) is 28.4. The van der Waals surface area contributed by atoms with Gasteiger partial charge in [-0.3, -0.25) is 4.79 Å². The maximum atomic E-state index is 12.5. The van der Waals surface area contributed by atoms with Crippen LogP contribution in [0.15, 0.2) is 0 Å². The Bertz CT molecular complexity index is 765. The Morgan fingerprint density at radius 3 is 2.44 bits per heavy atom. The minimum atomic E-state index is -0.733. The van der Waals surface area contributed by atoms with Crippen LogP contribution in [0.3, 0.4) is 0 Å². The Morgan fingerprint density at radius 2 is 1.78 bits per heavy atom. The average molecular weight is 505 g/mol. The maximum absolute atomic E-state index is 12.5. The highest BCUT2D eigenvalue weighted by Crippen LogP contribution is 2.70. The number of ether oxygens (including phenoxy) is 2. The highest BCUT2D eigenvalue weighted by molar-refractivity contribution is 5.65. The molecule has 1 N–H and O–H groups in total. The number of fused-ring (bicyclic) bond motifs is 5. The van der Waals surface area contributed by atoms with Crippen LogP contribution in [0.1, 0.15) is 119 Å². The summed E-state index contributed by atoms with van der Waals surface area (Å²) in [5.74, 6) is 4.46. The third-order valence-electron chi connectivity index (χ3n) is 12.3. The van der Waals surface area contributed by atoms with Crippen LogP contribution in [0.25, 0.3) is 0 Å². The molecule has 4 heteroatoms. The van der Waals surface area contributed by atoms with Crippen molar-refractivity contribution in [1.29, 1.82) is 0 Å². The normalized spacial score (nSPS) is 45.0. The first-order chi connectivity index (χ1) is 17.0. The number of carbonyl (C=O) groups is 1. The summed E-state index contributed by atoms with van der Waals surface area (Å²) in [7, 11) is 1.79. The van der Waals surface area contributed by atoms with E-state index in [0.717, 1.165) is 55.8 Å². The van der Waals surface area contributed by atoms with Crippen molar-refractivity contribution in [2.75, 3.05) is 13.7 Å². The van der Waals surface area contributed by atoms with Gasteiger partial charge in [0.2, 0.25) is 0 Å². The Labute approximate surface area is 221 Å². The quantitative estimate of drug-likeness (QED) is 0.332. The number of carbonyl (C=O) groups excluding carboxylic acids is 1. The second-order valence-electron chi connectivity index (χ2n) is 14.4. The van der Waals surface area contributed by atoms with E-state index in [0.29, 0.717) is 23.9 Å². The summed E-state index contributed by atoms with van der Waals surface area (Å²) in [6, 6.07) is 0. The Kier molecular flexibility index (Phi) is 8.58. The van der Waals surface area contributed by atoms with E-state index in [1.54, 1.807) is 7.11 Å². The molecule has 0 bridgehead atoms. The molecule has 0 unspecified atom stereocenters. The molecule has 4 saturated carbocycles. The number of hydrogen-bond donors (Lipinski definition) is 1. The van der Waals surface area contributed by atoms with Crippen LogP contribution in [0.2, 0.25) is 0 Å². The number of esters is 1. The van der Waals surface area contributed by atoms with Gasteiger partial charge in [-0.1, -0.05) is 53.9 Å². The summed E-state index contributed by atoms with van der Waals surface area (Å²) in [4.78, 5) is 11.5. The van der Waals surface area contributed by atoms with Gasteiger partial charge in [-0.2, -0.15) is 0 Å². The fourth-order valence-electron chi connectivity index (χ4n) is 10.4. The summed E-state index contributed by atoms with van der Waals surface area (Å²) in [6.45, 7) is 14.2. The van der Waals surface area contributed by atoms with Crippen LogP contribution in [0.4, 0.5) is 0 Å². The molecule has 4 fully saturated rings. The van der Waals surface area contributed by atoms with Gasteiger partial charge in [0.15, 0.2) is 0 Å². The lowest BCUT2D eigenvalue weighted by atomic mass is 9.40. The lowest BCUT2D eigenvalue weighted by Gasteiger charge is -2.66. The van der Waals surface area contributed by atoms with Gasteiger partial charge in [-0.15, -0.1) is 0 Å². The van der Waals surface area contributed by atoms with E-state index in [9.17, 15) is 9.90 Å². The first-order valence-electron chi connectivity index (χ1n) is 15.3. The molecule has 4 rings (SSSR count). The van der Waals surface area contributed by atoms with Crippen LogP contribution < -0.4 is 0 Å². The van der Waals surface area contributed by atoms with Gasteiger partial charge in [0.25, 0.3) is 0 Å². The van der Waals surface area contributed by atoms with E-state index in [-0.39, 0.29) is 23.4 Å². The second kappa shape index (κ2) is 10.9. The molecule has 0 saturated heterocycles. The van der Waals surface area contributed by atoms with Crippen LogP contribution in [0, 0.1) is 52.3 Å². The third kappa shape index (κ3) is 4.92. The minimum Gasteiger partial charge on any atom is -0.466 e. The minimum absolute atomic E-state index is 0.0753. The molecule has 4 aliphatic rings. The zero-order chi connectivity index (χ0) is 26.3. The van der Waals surface area contributed by atoms with Gasteiger partial charge in [0.1, 0.15) is 0 Å². The van der Waals surface area contributed by atoms with Gasteiger partial charge in [-0.05, 0) is 104 Å². The largest absolute Gasteiger partial charge is 0.466 e. The number of rotatable bonds is 9. The molecule has 0 radical (unpaired) electrons. The van der Waals surface area contributed by atoms with Gasteiger partial charge in [-0.25, -0.2) is 0 Å². The van der Waals surface area contributed by atoms with E-state index >= 15 is 0 Å². The van der Waals surface area contributed by atoms with E-state index in [1.807, 2.05) is 0 Å². The summed E-state index contributed by atoms with van der Waals surface area (Å²) in [5.41, 5.74) is -0.369. The second-order valence-corrected chi connectivity index (χ2v) is 14.4. The average Bonchev–Trinajstić information content (AvgIpc) is 3.16. The molecular formula is C32H56O4. The van der Waals surface area contributed by atoms with Crippen molar-refractivity contribution in [2.24, 2.45) is 52.3 Å². The van der Waals surface area contributed by atoms with E-state index in [4.69, 9.17) is 9.47 Å². The predicted octanol–water partition coefficient (Wildman–Crippen LogP) is 7.42.